The number of carboxylic acid groups (broad SMARTS) is 1. The molecule has 1 N–H and O–H groups in total. The third-order valence-electron chi connectivity index (χ3n) is 8.28. The first-order valence-corrected chi connectivity index (χ1v) is 12.5. The summed E-state index contributed by atoms with van der Waals surface area (Å²) in [6, 6.07) is 14.8. The highest BCUT2D eigenvalue weighted by molar-refractivity contribution is 6.13. The lowest BCUT2D eigenvalue weighted by Crippen LogP contribution is -2.52. The topological polar surface area (TPSA) is 58.9 Å². The zero-order chi connectivity index (χ0) is 24.5. The van der Waals surface area contributed by atoms with Crippen molar-refractivity contribution in [3.05, 3.63) is 82.9 Å². The molecule has 0 heterocycles. The molecule has 1 fully saturated rings. The number of oxime groups is 1. The van der Waals surface area contributed by atoms with Crippen molar-refractivity contribution in [2.75, 3.05) is 6.61 Å². The van der Waals surface area contributed by atoms with Gasteiger partial charge in [0.2, 0.25) is 0 Å². The van der Waals surface area contributed by atoms with Crippen LogP contribution in [0.5, 0.6) is 0 Å². The molecule has 0 aliphatic heterocycles. The van der Waals surface area contributed by atoms with E-state index < -0.39 is 11.4 Å². The van der Waals surface area contributed by atoms with Crippen LogP contribution in [0.3, 0.4) is 0 Å². The summed E-state index contributed by atoms with van der Waals surface area (Å²) >= 11 is 0. The van der Waals surface area contributed by atoms with E-state index in [0.717, 1.165) is 48.9 Å². The maximum Gasteiger partial charge on any atom is 0.309 e. The molecule has 0 amide bonds. The highest BCUT2D eigenvalue weighted by atomic mass is 16.6. The number of carboxylic acids is 1. The molecule has 3 atom stereocenters. The van der Waals surface area contributed by atoms with Gasteiger partial charge in [0.15, 0.2) is 0 Å². The molecule has 1 unspecified atom stereocenters. The molecule has 4 nitrogen and oxygen atoms in total. The van der Waals surface area contributed by atoms with Crippen molar-refractivity contribution >= 4 is 11.7 Å². The molecule has 0 bridgehead atoms. The first kappa shape index (κ1) is 24.3. The van der Waals surface area contributed by atoms with Gasteiger partial charge in [-0.3, -0.25) is 4.79 Å². The number of hydrogen-bond donors (Lipinski definition) is 1. The summed E-state index contributed by atoms with van der Waals surface area (Å²) in [7, 11) is 0. The van der Waals surface area contributed by atoms with E-state index in [2.05, 4.69) is 56.8 Å². The highest BCUT2D eigenvalue weighted by Crippen LogP contribution is 2.57. The van der Waals surface area contributed by atoms with Crippen molar-refractivity contribution in [1.29, 1.82) is 0 Å². The summed E-state index contributed by atoms with van der Waals surface area (Å²) in [5.41, 5.74) is 5.94. The van der Waals surface area contributed by atoms with Crippen LogP contribution in [-0.4, -0.2) is 23.4 Å². The van der Waals surface area contributed by atoms with Crippen LogP contribution in [0.15, 0.2) is 60.3 Å². The maximum atomic E-state index is 12.4. The number of carbonyl (C=O) groups is 1. The molecule has 180 valence electrons. The zero-order valence-corrected chi connectivity index (χ0v) is 20.9. The van der Waals surface area contributed by atoms with E-state index in [1.807, 2.05) is 25.1 Å². The summed E-state index contributed by atoms with van der Waals surface area (Å²) in [5.74, 6) is -0.226. The molecule has 0 spiro atoms. The van der Waals surface area contributed by atoms with Crippen LogP contribution in [0.2, 0.25) is 0 Å². The number of benzene rings is 2. The van der Waals surface area contributed by atoms with E-state index in [-0.39, 0.29) is 11.3 Å². The number of nitrogens with zero attached hydrogens (tertiary/aromatic N) is 1. The standard InChI is InChI=1S/C30H37NO3/c1-6-17-34-31-27(21-11-8-7-9-12-21)24-19-25-22(18-23(24)20(2)3)13-14-26-29(25,4)15-10-16-30(26,5)28(32)33/h6-9,11-12,18-20,26H,1,10,13-17H2,2-5H3,(H,32,33)/b31-27+/t26?,29-,30-/m1/s1. The van der Waals surface area contributed by atoms with Gasteiger partial charge in [0.25, 0.3) is 0 Å². The first-order chi connectivity index (χ1) is 16.2. The molecule has 2 aromatic rings. The number of rotatable bonds is 7. The van der Waals surface area contributed by atoms with Crippen LogP contribution in [-0.2, 0) is 21.5 Å². The van der Waals surface area contributed by atoms with Crippen molar-refractivity contribution in [3.63, 3.8) is 0 Å². The predicted octanol–water partition coefficient (Wildman–Crippen LogP) is 6.86. The lowest BCUT2D eigenvalue weighted by atomic mass is 9.49. The number of aliphatic carboxylic acids is 1. The summed E-state index contributed by atoms with van der Waals surface area (Å²) in [5, 5.41) is 14.8. The fourth-order valence-electron chi connectivity index (χ4n) is 6.48. The van der Waals surface area contributed by atoms with Gasteiger partial charge >= 0.3 is 5.97 Å². The monoisotopic (exact) mass is 459 g/mol. The smallest absolute Gasteiger partial charge is 0.309 e. The Bertz CT molecular complexity index is 1100. The molecule has 0 aromatic heterocycles. The average molecular weight is 460 g/mol. The van der Waals surface area contributed by atoms with E-state index in [1.54, 1.807) is 6.08 Å². The van der Waals surface area contributed by atoms with Gasteiger partial charge in [-0.1, -0.05) is 81.4 Å². The molecule has 2 aliphatic rings. The molecule has 4 rings (SSSR count). The Hall–Kier alpha value is -2.88. The SMILES string of the molecule is C=CCO/N=C(\c1ccccc1)c1cc2c(cc1C(C)C)CCC1[C@](C)(C(=O)O)CCC[C@]21C. The van der Waals surface area contributed by atoms with E-state index in [1.165, 1.54) is 16.7 Å². The van der Waals surface area contributed by atoms with Gasteiger partial charge in [0.05, 0.1) is 5.41 Å². The number of aryl methyl sites for hydroxylation is 1. The molecule has 0 radical (unpaired) electrons. The van der Waals surface area contributed by atoms with E-state index in [4.69, 9.17) is 4.84 Å². The van der Waals surface area contributed by atoms with Crippen LogP contribution < -0.4 is 0 Å². The summed E-state index contributed by atoms with van der Waals surface area (Å²) in [4.78, 5) is 18.0. The first-order valence-electron chi connectivity index (χ1n) is 12.5. The second kappa shape index (κ2) is 9.40. The van der Waals surface area contributed by atoms with E-state index in [0.29, 0.717) is 12.5 Å². The van der Waals surface area contributed by atoms with Crippen LogP contribution in [0.4, 0.5) is 0 Å². The van der Waals surface area contributed by atoms with Crippen LogP contribution in [0.25, 0.3) is 0 Å². The van der Waals surface area contributed by atoms with Gasteiger partial charge in [0.1, 0.15) is 12.3 Å². The van der Waals surface area contributed by atoms with Gasteiger partial charge in [-0.15, -0.1) is 0 Å². The van der Waals surface area contributed by atoms with Gasteiger partial charge in [0, 0.05) is 11.1 Å². The Morgan fingerprint density at radius 2 is 1.97 bits per heavy atom. The van der Waals surface area contributed by atoms with Crippen molar-refractivity contribution in [3.8, 4) is 0 Å². The fourth-order valence-corrected chi connectivity index (χ4v) is 6.48. The quantitative estimate of drug-likeness (QED) is 0.213. The molecule has 2 aliphatic carbocycles. The summed E-state index contributed by atoms with van der Waals surface area (Å²) in [6.45, 7) is 12.8. The molecule has 34 heavy (non-hydrogen) atoms. The number of hydrogen-bond acceptors (Lipinski definition) is 3. The molecule has 2 aromatic carbocycles. The lowest BCUT2D eigenvalue weighted by molar-refractivity contribution is -0.157. The zero-order valence-electron chi connectivity index (χ0n) is 20.9. The number of fused-ring (bicyclic) bond motifs is 3. The molecule has 1 saturated carbocycles. The van der Waals surface area contributed by atoms with E-state index >= 15 is 0 Å². The molecule has 4 heteroatoms. The lowest BCUT2D eigenvalue weighted by Gasteiger charge is -2.53. The predicted molar refractivity (Wildman–Crippen MR) is 138 cm³/mol. The Kier molecular flexibility index (Phi) is 6.71. The molecule has 0 saturated heterocycles. The van der Waals surface area contributed by atoms with Crippen molar-refractivity contribution in [1.82, 2.24) is 0 Å². The van der Waals surface area contributed by atoms with Crippen LogP contribution in [0, 0.1) is 11.3 Å². The second-order valence-corrected chi connectivity index (χ2v) is 10.7. The van der Waals surface area contributed by atoms with Crippen molar-refractivity contribution in [2.24, 2.45) is 16.5 Å². The largest absolute Gasteiger partial charge is 0.481 e. The Morgan fingerprint density at radius 3 is 2.62 bits per heavy atom. The van der Waals surface area contributed by atoms with Gasteiger partial charge in [-0.2, -0.15) is 0 Å². The normalized spacial score (nSPS) is 26.5. The Labute approximate surface area is 203 Å². The van der Waals surface area contributed by atoms with Crippen molar-refractivity contribution in [2.45, 2.75) is 71.1 Å². The minimum Gasteiger partial charge on any atom is -0.481 e. The van der Waals surface area contributed by atoms with E-state index in [9.17, 15) is 9.90 Å². The van der Waals surface area contributed by atoms with Crippen LogP contribution in [0.1, 0.15) is 87.1 Å². The average Bonchev–Trinajstić information content (AvgIpc) is 2.81. The molecular weight excluding hydrogens is 422 g/mol. The third kappa shape index (κ3) is 4.08. The Morgan fingerprint density at radius 1 is 1.24 bits per heavy atom. The van der Waals surface area contributed by atoms with Gasteiger partial charge < -0.3 is 9.94 Å². The fraction of sp³-hybridized carbons (Fsp3) is 0.467. The maximum absolute atomic E-state index is 12.4. The van der Waals surface area contributed by atoms with Crippen molar-refractivity contribution < 1.29 is 14.7 Å². The Balaban J connectivity index is 1.92. The van der Waals surface area contributed by atoms with Crippen LogP contribution >= 0.6 is 0 Å². The summed E-state index contributed by atoms with van der Waals surface area (Å²) < 4.78 is 0. The van der Waals surface area contributed by atoms with Gasteiger partial charge in [-0.05, 0) is 72.6 Å². The summed E-state index contributed by atoms with van der Waals surface area (Å²) in [6.07, 6.45) is 6.23. The minimum atomic E-state index is -0.689. The second-order valence-electron chi connectivity index (χ2n) is 10.7. The molecular formula is C30H37NO3. The highest BCUT2D eigenvalue weighted by Gasteiger charge is 2.55. The third-order valence-corrected chi connectivity index (χ3v) is 8.28. The van der Waals surface area contributed by atoms with Gasteiger partial charge in [-0.25, -0.2) is 0 Å². The minimum absolute atomic E-state index is 0.116.